The average molecular weight is 223 g/mol. The van der Waals surface area contributed by atoms with Crippen LogP contribution in [-0.4, -0.2) is 14.8 Å². The SMILES string of the molecule is Cn1cc(C(Cc2cncs2)NN)cn1. The highest BCUT2D eigenvalue weighted by molar-refractivity contribution is 7.09. The summed E-state index contributed by atoms with van der Waals surface area (Å²) >= 11 is 1.63. The number of aromatic nitrogens is 3. The van der Waals surface area contributed by atoms with Crippen molar-refractivity contribution in [3.8, 4) is 0 Å². The molecule has 0 radical (unpaired) electrons. The van der Waals surface area contributed by atoms with E-state index in [4.69, 9.17) is 5.84 Å². The summed E-state index contributed by atoms with van der Waals surface area (Å²) in [7, 11) is 1.89. The van der Waals surface area contributed by atoms with E-state index in [-0.39, 0.29) is 6.04 Å². The molecule has 0 aromatic carbocycles. The minimum absolute atomic E-state index is 0.0964. The molecule has 2 aromatic rings. The van der Waals surface area contributed by atoms with Crippen LogP contribution in [0.1, 0.15) is 16.5 Å². The van der Waals surface area contributed by atoms with E-state index in [1.807, 2.05) is 31.1 Å². The third-order valence-electron chi connectivity index (χ3n) is 2.22. The fraction of sp³-hybridized carbons (Fsp3) is 0.333. The Morgan fingerprint density at radius 1 is 1.60 bits per heavy atom. The van der Waals surface area contributed by atoms with Crippen LogP contribution in [0, 0.1) is 0 Å². The zero-order chi connectivity index (χ0) is 10.7. The first-order valence-electron chi connectivity index (χ1n) is 4.61. The summed E-state index contributed by atoms with van der Waals surface area (Å²) in [5.41, 5.74) is 5.71. The highest BCUT2D eigenvalue weighted by atomic mass is 32.1. The van der Waals surface area contributed by atoms with E-state index < -0.39 is 0 Å². The molecular formula is C9H13N5S. The Morgan fingerprint density at radius 2 is 2.47 bits per heavy atom. The maximum atomic E-state index is 5.53. The minimum Gasteiger partial charge on any atom is -0.275 e. The van der Waals surface area contributed by atoms with Crippen molar-refractivity contribution in [3.63, 3.8) is 0 Å². The summed E-state index contributed by atoms with van der Waals surface area (Å²) in [5.74, 6) is 5.53. The molecule has 0 saturated carbocycles. The zero-order valence-electron chi connectivity index (χ0n) is 8.42. The normalized spacial score (nSPS) is 12.9. The summed E-state index contributed by atoms with van der Waals surface area (Å²) in [6.45, 7) is 0. The van der Waals surface area contributed by atoms with Gasteiger partial charge in [-0.05, 0) is 0 Å². The molecule has 0 saturated heterocycles. The van der Waals surface area contributed by atoms with E-state index in [2.05, 4.69) is 15.5 Å². The van der Waals surface area contributed by atoms with Crippen LogP contribution in [0.25, 0.3) is 0 Å². The predicted octanol–water partition coefficient (Wildman–Crippen LogP) is 0.624. The fourth-order valence-corrected chi connectivity index (χ4v) is 2.08. The summed E-state index contributed by atoms with van der Waals surface area (Å²) in [6.07, 6.45) is 6.50. The quantitative estimate of drug-likeness (QED) is 0.589. The second-order valence-electron chi connectivity index (χ2n) is 3.34. The lowest BCUT2D eigenvalue weighted by Gasteiger charge is -2.12. The van der Waals surface area contributed by atoms with Crippen LogP contribution in [0.3, 0.4) is 0 Å². The van der Waals surface area contributed by atoms with Gasteiger partial charge in [-0.15, -0.1) is 11.3 Å². The Kier molecular flexibility index (Phi) is 3.10. The number of thiazole rings is 1. The fourth-order valence-electron chi connectivity index (χ4n) is 1.44. The van der Waals surface area contributed by atoms with Gasteiger partial charge in [-0.2, -0.15) is 5.10 Å². The van der Waals surface area contributed by atoms with Gasteiger partial charge in [-0.25, -0.2) is 0 Å². The van der Waals surface area contributed by atoms with E-state index in [0.29, 0.717) is 0 Å². The number of aryl methyl sites for hydroxylation is 1. The molecule has 2 aromatic heterocycles. The van der Waals surface area contributed by atoms with Crippen LogP contribution >= 0.6 is 11.3 Å². The number of nitrogens with two attached hydrogens (primary N) is 1. The molecule has 3 N–H and O–H groups in total. The standard InChI is InChI=1S/C9H13N5S/c1-14-5-7(3-12-14)9(13-10)2-8-4-11-6-15-8/h3-6,9,13H,2,10H2,1H3. The van der Waals surface area contributed by atoms with Gasteiger partial charge in [0.15, 0.2) is 0 Å². The third kappa shape index (κ3) is 2.41. The van der Waals surface area contributed by atoms with Crippen molar-refractivity contribution >= 4 is 11.3 Å². The number of hydrazine groups is 1. The molecule has 0 amide bonds. The van der Waals surface area contributed by atoms with Crippen molar-refractivity contribution in [2.75, 3.05) is 0 Å². The molecule has 0 aliphatic carbocycles. The monoisotopic (exact) mass is 223 g/mol. The topological polar surface area (TPSA) is 68.8 Å². The van der Waals surface area contributed by atoms with E-state index in [0.717, 1.165) is 12.0 Å². The van der Waals surface area contributed by atoms with Crippen molar-refractivity contribution in [2.45, 2.75) is 12.5 Å². The van der Waals surface area contributed by atoms with Crippen LogP contribution in [-0.2, 0) is 13.5 Å². The van der Waals surface area contributed by atoms with E-state index >= 15 is 0 Å². The molecule has 6 heteroatoms. The van der Waals surface area contributed by atoms with Gasteiger partial charge in [0, 0.05) is 36.3 Å². The third-order valence-corrected chi connectivity index (χ3v) is 3.02. The van der Waals surface area contributed by atoms with E-state index in [1.165, 1.54) is 4.88 Å². The van der Waals surface area contributed by atoms with Crippen molar-refractivity contribution in [3.05, 3.63) is 34.5 Å². The Hall–Kier alpha value is -1.24. The van der Waals surface area contributed by atoms with Crippen molar-refractivity contribution in [2.24, 2.45) is 12.9 Å². The van der Waals surface area contributed by atoms with Gasteiger partial charge >= 0.3 is 0 Å². The second-order valence-corrected chi connectivity index (χ2v) is 4.31. The van der Waals surface area contributed by atoms with Crippen LogP contribution in [0.2, 0.25) is 0 Å². The van der Waals surface area contributed by atoms with Gasteiger partial charge in [0.1, 0.15) is 0 Å². The van der Waals surface area contributed by atoms with Gasteiger partial charge in [0.25, 0.3) is 0 Å². The number of nitrogens with zero attached hydrogens (tertiary/aromatic N) is 3. The molecule has 0 spiro atoms. The van der Waals surface area contributed by atoms with Gasteiger partial charge in [0.2, 0.25) is 0 Å². The van der Waals surface area contributed by atoms with Crippen LogP contribution in [0.5, 0.6) is 0 Å². The van der Waals surface area contributed by atoms with E-state index in [1.54, 1.807) is 16.0 Å². The number of hydrogen-bond acceptors (Lipinski definition) is 5. The highest BCUT2D eigenvalue weighted by Gasteiger charge is 2.12. The number of hydrogen-bond donors (Lipinski definition) is 2. The minimum atomic E-state index is 0.0964. The highest BCUT2D eigenvalue weighted by Crippen LogP contribution is 2.18. The maximum absolute atomic E-state index is 5.53. The lowest BCUT2D eigenvalue weighted by Crippen LogP contribution is -2.29. The molecule has 2 rings (SSSR count). The van der Waals surface area contributed by atoms with Crippen LogP contribution < -0.4 is 11.3 Å². The van der Waals surface area contributed by atoms with Crippen molar-refractivity contribution in [1.29, 1.82) is 0 Å². The molecule has 0 bridgehead atoms. The van der Waals surface area contributed by atoms with Crippen LogP contribution in [0.15, 0.2) is 24.1 Å². The molecule has 15 heavy (non-hydrogen) atoms. The molecule has 0 aliphatic rings. The molecule has 2 heterocycles. The summed E-state index contributed by atoms with van der Waals surface area (Å²) in [5, 5.41) is 4.12. The molecule has 5 nitrogen and oxygen atoms in total. The second kappa shape index (κ2) is 4.52. The molecule has 0 fully saturated rings. The maximum Gasteiger partial charge on any atom is 0.0794 e. The Morgan fingerprint density at radius 3 is 3.00 bits per heavy atom. The molecule has 0 aliphatic heterocycles. The van der Waals surface area contributed by atoms with Gasteiger partial charge < -0.3 is 0 Å². The number of nitrogens with one attached hydrogen (secondary N) is 1. The molecular weight excluding hydrogens is 210 g/mol. The van der Waals surface area contributed by atoms with Gasteiger partial charge in [0.05, 0.1) is 17.7 Å². The summed E-state index contributed by atoms with van der Waals surface area (Å²) in [4.78, 5) is 5.25. The molecule has 1 atom stereocenters. The first-order chi connectivity index (χ1) is 7.29. The van der Waals surface area contributed by atoms with Crippen molar-refractivity contribution < 1.29 is 0 Å². The van der Waals surface area contributed by atoms with Crippen molar-refractivity contribution in [1.82, 2.24) is 20.2 Å². The Balaban J connectivity index is 2.11. The summed E-state index contributed by atoms with van der Waals surface area (Å²) < 4.78 is 1.77. The molecule has 1 unspecified atom stereocenters. The lowest BCUT2D eigenvalue weighted by atomic mass is 10.1. The van der Waals surface area contributed by atoms with Crippen LogP contribution in [0.4, 0.5) is 0 Å². The Bertz CT molecular complexity index is 408. The smallest absolute Gasteiger partial charge is 0.0794 e. The largest absolute Gasteiger partial charge is 0.275 e. The lowest BCUT2D eigenvalue weighted by molar-refractivity contribution is 0.554. The number of rotatable bonds is 4. The summed E-state index contributed by atoms with van der Waals surface area (Å²) in [6, 6.07) is 0.0964. The van der Waals surface area contributed by atoms with Gasteiger partial charge in [-0.3, -0.25) is 20.9 Å². The Labute approximate surface area is 91.9 Å². The first-order valence-corrected chi connectivity index (χ1v) is 5.49. The average Bonchev–Trinajstić information content (AvgIpc) is 2.85. The molecule has 80 valence electrons. The zero-order valence-corrected chi connectivity index (χ0v) is 9.24. The first kappa shape index (κ1) is 10.3. The van der Waals surface area contributed by atoms with Gasteiger partial charge in [-0.1, -0.05) is 0 Å². The predicted molar refractivity (Wildman–Crippen MR) is 59.1 cm³/mol. The van der Waals surface area contributed by atoms with E-state index in [9.17, 15) is 0 Å².